The van der Waals surface area contributed by atoms with Crippen LogP contribution >= 0.6 is 15.9 Å². The number of aryl methyl sites for hydroxylation is 1. The predicted octanol–water partition coefficient (Wildman–Crippen LogP) is 4.45. The minimum atomic E-state index is 0.292. The molecule has 2 aromatic carbocycles. The Morgan fingerprint density at radius 2 is 1.80 bits per heavy atom. The van der Waals surface area contributed by atoms with E-state index in [0.717, 1.165) is 15.6 Å². The van der Waals surface area contributed by atoms with Gasteiger partial charge in [-0.2, -0.15) is 4.98 Å². The Morgan fingerprint density at radius 1 is 0.960 bits per heavy atom. The summed E-state index contributed by atoms with van der Waals surface area (Å²) in [6.45, 7) is 2.03. The zero-order valence-corrected chi connectivity index (χ0v) is 14.9. The molecule has 0 aliphatic heterocycles. The summed E-state index contributed by atoms with van der Waals surface area (Å²) < 4.78 is 11.9. The van der Waals surface area contributed by atoms with Gasteiger partial charge in [0.25, 0.3) is 0 Å². The molecule has 2 heterocycles. The minimum absolute atomic E-state index is 0.292. The summed E-state index contributed by atoms with van der Waals surface area (Å²) in [5.41, 5.74) is 2.93. The summed E-state index contributed by atoms with van der Waals surface area (Å²) in [6.07, 6.45) is 0.292. The number of halogens is 1. The molecule has 0 spiro atoms. The second kappa shape index (κ2) is 6.60. The van der Waals surface area contributed by atoms with Crippen molar-refractivity contribution in [2.45, 2.75) is 13.3 Å². The first-order valence-corrected chi connectivity index (χ1v) is 8.44. The summed E-state index contributed by atoms with van der Waals surface area (Å²) >= 11 is 3.43. The van der Waals surface area contributed by atoms with Gasteiger partial charge in [-0.15, -0.1) is 10.2 Å². The molecule has 2 aromatic heterocycles. The molecule has 0 unspecified atom stereocenters. The van der Waals surface area contributed by atoms with Gasteiger partial charge in [0.15, 0.2) is 0 Å². The lowest BCUT2D eigenvalue weighted by molar-refractivity contribution is 0.374. The van der Waals surface area contributed by atoms with Crippen LogP contribution in [0.25, 0.3) is 22.8 Å². The molecule has 0 fully saturated rings. The van der Waals surface area contributed by atoms with Gasteiger partial charge in [0.1, 0.15) is 6.42 Å². The van der Waals surface area contributed by atoms with Crippen LogP contribution in [0.3, 0.4) is 0 Å². The molecule has 0 aliphatic rings. The van der Waals surface area contributed by atoms with Crippen molar-refractivity contribution in [1.82, 2.24) is 20.3 Å². The fraction of sp³-hybridized carbons (Fsp3) is 0.111. The maximum Gasteiger partial charge on any atom is 0.247 e. The second-order valence-corrected chi connectivity index (χ2v) is 6.48. The third-order valence-corrected chi connectivity index (χ3v) is 4.11. The summed E-state index contributed by atoms with van der Waals surface area (Å²) in [5, 5.41) is 12.1. The standard InChI is InChI=1S/C18H13BrN4O2/c1-11-5-7-12(8-6-11)18-22-21-16(24-18)10-15-20-17(23-25-15)13-3-2-4-14(19)9-13/h2-9H,10H2,1H3. The lowest BCUT2D eigenvalue weighted by Gasteiger charge is -1.95. The molecule has 0 saturated carbocycles. The van der Waals surface area contributed by atoms with Gasteiger partial charge in [0.2, 0.25) is 23.5 Å². The summed E-state index contributed by atoms with van der Waals surface area (Å²) in [5.74, 6) is 1.85. The zero-order valence-electron chi connectivity index (χ0n) is 13.3. The Morgan fingerprint density at radius 3 is 2.60 bits per heavy atom. The molecule has 0 bridgehead atoms. The maximum absolute atomic E-state index is 5.69. The van der Waals surface area contributed by atoms with E-state index in [1.54, 1.807) is 0 Å². The van der Waals surface area contributed by atoms with Crippen molar-refractivity contribution in [3.63, 3.8) is 0 Å². The molecule has 0 amide bonds. The Kier molecular flexibility index (Phi) is 4.15. The summed E-state index contributed by atoms with van der Waals surface area (Å²) in [6, 6.07) is 15.6. The third-order valence-electron chi connectivity index (χ3n) is 3.62. The molecule has 4 rings (SSSR count). The van der Waals surface area contributed by atoms with Crippen LogP contribution in [0.4, 0.5) is 0 Å². The molecule has 0 aliphatic carbocycles. The van der Waals surface area contributed by atoms with Crippen LogP contribution in [0.1, 0.15) is 17.3 Å². The number of benzene rings is 2. The molecule has 0 saturated heterocycles. The van der Waals surface area contributed by atoms with E-state index in [9.17, 15) is 0 Å². The second-order valence-electron chi connectivity index (χ2n) is 5.57. The summed E-state index contributed by atoms with van der Waals surface area (Å²) in [4.78, 5) is 4.38. The van der Waals surface area contributed by atoms with Crippen molar-refractivity contribution in [2.75, 3.05) is 0 Å². The van der Waals surface area contributed by atoms with Gasteiger partial charge >= 0.3 is 0 Å². The highest BCUT2D eigenvalue weighted by Gasteiger charge is 2.14. The quantitative estimate of drug-likeness (QED) is 0.506. The lowest BCUT2D eigenvalue weighted by atomic mass is 10.1. The Balaban J connectivity index is 1.52. The molecule has 124 valence electrons. The monoisotopic (exact) mass is 396 g/mol. The zero-order chi connectivity index (χ0) is 17.2. The fourth-order valence-corrected chi connectivity index (χ4v) is 2.74. The molecular weight excluding hydrogens is 384 g/mol. The molecule has 4 aromatic rings. The first-order chi connectivity index (χ1) is 12.2. The highest BCUT2D eigenvalue weighted by Crippen LogP contribution is 2.22. The average molecular weight is 397 g/mol. The van der Waals surface area contributed by atoms with Crippen molar-refractivity contribution in [2.24, 2.45) is 0 Å². The molecule has 6 nitrogen and oxygen atoms in total. The van der Waals surface area contributed by atoms with Crippen LogP contribution < -0.4 is 0 Å². The number of hydrogen-bond donors (Lipinski definition) is 0. The van der Waals surface area contributed by atoms with E-state index < -0.39 is 0 Å². The van der Waals surface area contributed by atoms with Crippen LogP contribution in [0.2, 0.25) is 0 Å². The Bertz CT molecular complexity index is 1010. The normalized spacial score (nSPS) is 11.0. The van der Waals surface area contributed by atoms with E-state index in [-0.39, 0.29) is 0 Å². The number of hydrogen-bond acceptors (Lipinski definition) is 6. The molecule has 0 N–H and O–H groups in total. The van der Waals surface area contributed by atoms with Gasteiger partial charge in [-0.05, 0) is 31.2 Å². The van der Waals surface area contributed by atoms with Crippen molar-refractivity contribution in [3.05, 3.63) is 70.3 Å². The van der Waals surface area contributed by atoms with Crippen molar-refractivity contribution < 1.29 is 8.94 Å². The topological polar surface area (TPSA) is 77.8 Å². The van der Waals surface area contributed by atoms with Crippen LogP contribution in [0, 0.1) is 6.92 Å². The van der Waals surface area contributed by atoms with E-state index in [0.29, 0.717) is 29.9 Å². The molecular formula is C18H13BrN4O2. The molecule has 0 atom stereocenters. The van der Waals surface area contributed by atoms with Gasteiger partial charge in [-0.3, -0.25) is 0 Å². The van der Waals surface area contributed by atoms with Crippen molar-refractivity contribution >= 4 is 15.9 Å². The summed E-state index contributed by atoms with van der Waals surface area (Å²) in [7, 11) is 0. The first kappa shape index (κ1) is 15.7. The smallest absolute Gasteiger partial charge is 0.247 e. The lowest BCUT2D eigenvalue weighted by Crippen LogP contribution is -1.89. The average Bonchev–Trinajstić information content (AvgIpc) is 3.26. The minimum Gasteiger partial charge on any atom is -0.420 e. The van der Waals surface area contributed by atoms with Crippen LogP contribution in [-0.2, 0) is 6.42 Å². The van der Waals surface area contributed by atoms with E-state index >= 15 is 0 Å². The molecule has 0 radical (unpaired) electrons. The Hall–Kier alpha value is -2.80. The number of nitrogens with zero attached hydrogens (tertiary/aromatic N) is 4. The third kappa shape index (κ3) is 3.51. The van der Waals surface area contributed by atoms with Crippen LogP contribution in [-0.4, -0.2) is 20.3 Å². The maximum atomic E-state index is 5.69. The molecule has 25 heavy (non-hydrogen) atoms. The van der Waals surface area contributed by atoms with Gasteiger partial charge in [0, 0.05) is 15.6 Å². The fourth-order valence-electron chi connectivity index (χ4n) is 2.34. The largest absolute Gasteiger partial charge is 0.420 e. The van der Waals surface area contributed by atoms with E-state index in [4.69, 9.17) is 8.94 Å². The van der Waals surface area contributed by atoms with Crippen LogP contribution in [0.15, 0.2) is 61.9 Å². The highest BCUT2D eigenvalue weighted by molar-refractivity contribution is 9.10. The van der Waals surface area contributed by atoms with E-state index in [1.165, 1.54) is 5.56 Å². The van der Waals surface area contributed by atoms with Crippen molar-refractivity contribution in [3.8, 4) is 22.8 Å². The first-order valence-electron chi connectivity index (χ1n) is 7.65. The predicted molar refractivity (Wildman–Crippen MR) is 94.7 cm³/mol. The number of rotatable bonds is 4. The molecule has 7 heteroatoms. The van der Waals surface area contributed by atoms with Gasteiger partial charge in [0.05, 0.1) is 0 Å². The van der Waals surface area contributed by atoms with E-state index in [2.05, 4.69) is 36.3 Å². The highest BCUT2D eigenvalue weighted by atomic mass is 79.9. The van der Waals surface area contributed by atoms with E-state index in [1.807, 2.05) is 55.5 Å². The Labute approximate surface area is 152 Å². The SMILES string of the molecule is Cc1ccc(-c2nnc(Cc3nc(-c4cccc(Br)c4)no3)o2)cc1. The van der Waals surface area contributed by atoms with Gasteiger partial charge in [-0.25, -0.2) is 0 Å². The number of aromatic nitrogens is 4. The van der Waals surface area contributed by atoms with Crippen molar-refractivity contribution in [1.29, 1.82) is 0 Å². The van der Waals surface area contributed by atoms with Crippen LogP contribution in [0.5, 0.6) is 0 Å². The van der Waals surface area contributed by atoms with Gasteiger partial charge < -0.3 is 8.94 Å². The van der Waals surface area contributed by atoms with Gasteiger partial charge in [-0.1, -0.05) is 50.9 Å².